The lowest BCUT2D eigenvalue weighted by atomic mass is 10.0. The molecule has 0 radical (unpaired) electrons. The van der Waals surface area contributed by atoms with Gasteiger partial charge >= 0.3 is 5.97 Å². The number of carboxylic acids is 1. The molecule has 4 rings (SSSR count). The Morgan fingerprint density at radius 3 is 2.44 bits per heavy atom. The van der Waals surface area contributed by atoms with E-state index in [1.807, 2.05) is 30.3 Å². The topological polar surface area (TPSA) is 145 Å². The van der Waals surface area contributed by atoms with Crippen molar-refractivity contribution in [2.75, 3.05) is 19.6 Å². The van der Waals surface area contributed by atoms with Gasteiger partial charge in [0.1, 0.15) is 17.6 Å². The van der Waals surface area contributed by atoms with Gasteiger partial charge in [-0.15, -0.1) is 0 Å². The van der Waals surface area contributed by atoms with Crippen molar-refractivity contribution < 1.29 is 23.1 Å². The molecule has 230 valence electrons. The lowest BCUT2D eigenvalue weighted by Gasteiger charge is -2.40. The van der Waals surface area contributed by atoms with E-state index in [9.17, 15) is 23.1 Å². The summed E-state index contributed by atoms with van der Waals surface area (Å²) in [4.78, 5) is 30.6. The predicted octanol–water partition coefficient (Wildman–Crippen LogP) is 3.37. The Hall–Kier alpha value is -3.96. The van der Waals surface area contributed by atoms with Crippen LogP contribution in [-0.4, -0.2) is 66.0 Å². The van der Waals surface area contributed by atoms with Gasteiger partial charge in [-0.05, 0) is 72.6 Å². The van der Waals surface area contributed by atoms with Crippen LogP contribution in [0.15, 0.2) is 77.0 Å². The predicted molar refractivity (Wildman–Crippen MR) is 167 cm³/mol. The highest BCUT2D eigenvalue weighted by molar-refractivity contribution is 7.89. The normalized spacial score (nSPS) is 18.4. The zero-order chi connectivity index (χ0) is 31.0. The van der Waals surface area contributed by atoms with E-state index in [0.717, 1.165) is 62.1 Å². The molecular formula is C32H41N5O5S. The van der Waals surface area contributed by atoms with Gasteiger partial charge in [-0.25, -0.2) is 18.2 Å². The second kappa shape index (κ2) is 14.5. The van der Waals surface area contributed by atoms with Crippen LogP contribution in [0.4, 0.5) is 0 Å². The summed E-state index contributed by atoms with van der Waals surface area (Å²) >= 11 is 0. The van der Waals surface area contributed by atoms with Crippen molar-refractivity contribution >= 4 is 27.6 Å². The third-order valence-electron chi connectivity index (χ3n) is 7.95. The van der Waals surface area contributed by atoms with Crippen molar-refractivity contribution in [3.8, 4) is 0 Å². The highest BCUT2D eigenvalue weighted by Gasteiger charge is 2.40. The first-order valence-electron chi connectivity index (χ1n) is 14.8. The van der Waals surface area contributed by atoms with Gasteiger partial charge in [0.2, 0.25) is 15.9 Å². The molecule has 2 aromatic carbocycles. The Morgan fingerprint density at radius 1 is 1.07 bits per heavy atom. The first kappa shape index (κ1) is 32.0. The summed E-state index contributed by atoms with van der Waals surface area (Å²) < 4.78 is 29.3. The van der Waals surface area contributed by atoms with Crippen LogP contribution >= 0.6 is 0 Å². The highest BCUT2D eigenvalue weighted by atomic mass is 32.2. The van der Waals surface area contributed by atoms with Gasteiger partial charge < -0.3 is 21.1 Å². The molecule has 4 N–H and O–H groups in total. The van der Waals surface area contributed by atoms with E-state index in [2.05, 4.69) is 23.8 Å². The van der Waals surface area contributed by atoms with E-state index < -0.39 is 27.9 Å². The molecule has 0 unspecified atom stereocenters. The number of amides is 1. The second-order valence-corrected chi connectivity index (χ2v) is 12.8. The van der Waals surface area contributed by atoms with Crippen LogP contribution in [-0.2, 0) is 45.4 Å². The number of benzene rings is 2. The number of hydrogen-bond donors (Lipinski definition) is 3. The summed E-state index contributed by atoms with van der Waals surface area (Å²) in [6, 6.07) is 12.2. The Bertz CT molecular complexity index is 1500. The van der Waals surface area contributed by atoms with Crippen LogP contribution in [0.5, 0.6) is 0 Å². The third-order valence-corrected chi connectivity index (χ3v) is 9.86. The quantitative estimate of drug-likeness (QED) is 0.262. The summed E-state index contributed by atoms with van der Waals surface area (Å²) in [5, 5.41) is 12.1. The number of sulfonamides is 1. The Balaban J connectivity index is 1.60. The lowest BCUT2D eigenvalue weighted by Crippen LogP contribution is -2.60. The molecule has 2 aliphatic rings. The number of fused-ring (bicyclic) bond motifs is 1. The summed E-state index contributed by atoms with van der Waals surface area (Å²) in [6.07, 6.45) is 9.28. The van der Waals surface area contributed by atoms with Gasteiger partial charge in [0.15, 0.2) is 0 Å². The number of piperazine rings is 1. The first-order valence-corrected chi connectivity index (χ1v) is 16.2. The smallest absolute Gasteiger partial charge is 0.354 e. The van der Waals surface area contributed by atoms with Crippen molar-refractivity contribution in [3.63, 3.8) is 0 Å². The lowest BCUT2D eigenvalue weighted by molar-refractivity contribution is -0.129. The maximum atomic E-state index is 14.0. The number of nitrogens with zero attached hydrogens (tertiary/aromatic N) is 3. The Labute approximate surface area is 254 Å². The van der Waals surface area contributed by atoms with Crippen molar-refractivity contribution in [2.45, 2.75) is 69.4 Å². The molecule has 1 aliphatic heterocycles. The van der Waals surface area contributed by atoms with Crippen LogP contribution in [0.1, 0.15) is 54.9 Å². The van der Waals surface area contributed by atoms with E-state index >= 15 is 0 Å². The number of nitrogens with one attached hydrogen (secondary N) is 1. The van der Waals surface area contributed by atoms with Crippen LogP contribution in [0.3, 0.4) is 0 Å². The number of rotatable bonds is 11. The SMILES string of the molecule is C=C/C(=N\C=C(/N)N1CCN(S(=O)(=O)c2ccc3c(c2)CCCCC3)[C@@H](C(=O)NCc2ccc(CCC)cc2)C1)C(=O)O. The van der Waals surface area contributed by atoms with Crippen LogP contribution < -0.4 is 11.1 Å². The van der Waals surface area contributed by atoms with Gasteiger partial charge in [-0.1, -0.05) is 56.7 Å². The van der Waals surface area contributed by atoms with Crippen molar-refractivity contribution in [1.29, 1.82) is 0 Å². The number of nitrogens with two attached hydrogens (primary N) is 1. The molecule has 0 saturated carbocycles. The zero-order valence-electron chi connectivity index (χ0n) is 24.7. The summed E-state index contributed by atoms with van der Waals surface area (Å²) in [5.74, 6) is -1.59. The van der Waals surface area contributed by atoms with E-state index in [4.69, 9.17) is 5.73 Å². The van der Waals surface area contributed by atoms with Crippen LogP contribution in [0.2, 0.25) is 0 Å². The molecule has 1 amide bonds. The van der Waals surface area contributed by atoms with Crippen molar-refractivity contribution in [3.05, 3.63) is 89.4 Å². The van der Waals surface area contributed by atoms with Gasteiger partial charge in [-0.3, -0.25) is 4.79 Å². The van der Waals surface area contributed by atoms with E-state index in [-0.39, 0.29) is 42.6 Å². The molecule has 1 heterocycles. The van der Waals surface area contributed by atoms with E-state index in [0.29, 0.717) is 0 Å². The number of aliphatic imine (C=N–C) groups is 1. The highest BCUT2D eigenvalue weighted by Crippen LogP contribution is 2.28. The van der Waals surface area contributed by atoms with Crippen molar-refractivity contribution in [2.24, 2.45) is 10.7 Å². The molecule has 1 aliphatic carbocycles. The fraction of sp³-hybridized carbons (Fsp3) is 0.406. The molecule has 1 fully saturated rings. The van der Waals surface area contributed by atoms with E-state index in [1.165, 1.54) is 21.6 Å². The average Bonchev–Trinajstić information content (AvgIpc) is 3.25. The monoisotopic (exact) mass is 607 g/mol. The maximum absolute atomic E-state index is 14.0. The van der Waals surface area contributed by atoms with Crippen molar-refractivity contribution in [1.82, 2.24) is 14.5 Å². The number of carboxylic acid groups (broad SMARTS) is 1. The number of carbonyl (C=O) groups excluding carboxylic acids is 1. The molecule has 1 atom stereocenters. The number of aliphatic carboxylic acids is 1. The maximum Gasteiger partial charge on any atom is 0.354 e. The second-order valence-electron chi connectivity index (χ2n) is 10.9. The summed E-state index contributed by atoms with van der Waals surface area (Å²) in [5.41, 5.74) is 10.3. The fourth-order valence-electron chi connectivity index (χ4n) is 5.52. The minimum Gasteiger partial charge on any atom is -0.477 e. The van der Waals surface area contributed by atoms with Crippen LogP contribution in [0, 0.1) is 0 Å². The number of hydrogen-bond acceptors (Lipinski definition) is 7. The molecule has 1 saturated heterocycles. The molecule has 0 spiro atoms. The first-order chi connectivity index (χ1) is 20.6. The molecule has 11 heteroatoms. The molecule has 0 bridgehead atoms. The minimum atomic E-state index is -4.02. The fourth-order valence-corrected chi connectivity index (χ4v) is 7.14. The van der Waals surface area contributed by atoms with Gasteiger partial charge in [0.05, 0.1) is 11.1 Å². The molecular weight excluding hydrogens is 566 g/mol. The van der Waals surface area contributed by atoms with Gasteiger partial charge in [-0.2, -0.15) is 4.31 Å². The molecule has 2 aromatic rings. The molecule has 43 heavy (non-hydrogen) atoms. The Morgan fingerprint density at radius 2 is 1.77 bits per heavy atom. The average molecular weight is 608 g/mol. The number of carbonyl (C=O) groups is 2. The zero-order valence-corrected chi connectivity index (χ0v) is 25.5. The van der Waals surface area contributed by atoms with Gasteiger partial charge in [0.25, 0.3) is 0 Å². The molecule has 10 nitrogen and oxygen atoms in total. The minimum absolute atomic E-state index is 0.00865. The van der Waals surface area contributed by atoms with Gasteiger partial charge in [0, 0.05) is 26.2 Å². The Kier molecular flexibility index (Phi) is 10.8. The summed E-state index contributed by atoms with van der Waals surface area (Å²) in [7, 11) is -4.02. The number of aryl methyl sites for hydroxylation is 3. The third kappa shape index (κ3) is 7.91. The standard InChI is InChI=1S/C32H41N5O5S/c1-3-8-23-11-13-24(14-12-23)20-35-31(38)29-22-36(30(33)21-34-28(4-2)32(39)40)17-18-37(29)43(41,42)27-16-15-25-9-6-5-7-10-26(25)19-27/h4,11-16,19,21,29H,2-3,5-10,17-18,20,22,33H2,1H3,(H,35,38)(H,39,40)/b30-21+,34-28+/t29-/m1/s1. The summed E-state index contributed by atoms with van der Waals surface area (Å²) in [6.45, 7) is 5.98. The van der Waals surface area contributed by atoms with E-state index in [1.54, 1.807) is 17.0 Å². The van der Waals surface area contributed by atoms with Crippen LogP contribution in [0.25, 0.3) is 0 Å². The largest absolute Gasteiger partial charge is 0.477 e. The molecule has 0 aromatic heterocycles.